The molecule has 88 valence electrons. The first-order valence-corrected chi connectivity index (χ1v) is 6.34. The monoisotopic (exact) mass is 240 g/mol. The van der Waals surface area contributed by atoms with Gasteiger partial charge in [-0.1, -0.05) is 0 Å². The van der Waals surface area contributed by atoms with Gasteiger partial charge in [0.1, 0.15) is 10.6 Å². The zero-order valence-electron chi connectivity index (χ0n) is 9.32. The molecule has 0 radical (unpaired) electrons. The molecule has 1 aliphatic carbocycles. The number of carbonyl (C=O) groups excluding carboxylic acids is 1. The van der Waals surface area contributed by atoms with E-state index in [2.05, 4.69) is 10.3 Å². The van der Waals surface area contributed by atoms with Gasteiger partial charge in [-0.2, -0.15) is 0 Å². The third-order valence-electron chi connectivity index (χ3n) is 2.92. The number of carbonyl (C=O) groups is 1. The summed E-state index contributed by atoms with van der Waals surface area (Å²) in [4.78, 5) is 17.1. The Hall–Kier alpha value is -0.940. The van der Waals surface area contributed by atoms with E-state index in [1.807, 2.05) is 6.92 Å². The molecule has 5 heteroatoms. The Morgan fingerprint density at radius 1 is 1.62 bits per heavy atom. The number of rotatable bonds is 3. The van der Waals surface area contributed by atoms with Crippen molar-refractivity contribution >= 4 is 17.2 Å². The van der Waals surface area contributed by atoms with Crippen LogP contribution in [0.25, 0.3) is 0 Å². The van der Waals surface area contributed by atoms with Crippen molar-refractivity contribution in [3.8, 4) is 0 Å². The molecular formula is C11H16N2O2S. The predicted octanol–water partition coefficient (Wildman–Crippen LogP) is 1.37. The summed E-state index contributed by atoms with van der Waals surface area (Å²) in [7, 11) is 0. The van der Waals surface area contributed by atoms with Crippen LogP contribution < -0.4 is 5.32 Å². The van der Waals surface area contributed by atoms with E-state index >= 15 is 0 Å². The average Bonchev–Trinajstić information content (AvgIpc) is 2.85. The average molecular weight is 240 g/mol. The van der Waals surface area contributed by atoms with Gasteiger partial charge in [0.25, 0.3) is 5.91 Å². The summed E-state index contributed by atoms with van der Waals surface area (Å²) in [5, 5.41) is 13.6. The molecule has 1 heterocycles. The molecule has 0 unspecified atom stereocenters. The normalized spacial score (nSPS) is 18.6. The van der Waals surface area contributed by atoms with E-state index in [0.717, 1.165) is 22.7 Å². The Morgan fingerprint density at radius 3 is 2.88 bits per heavy atom. The molecule has 1 aromatic heterocycles. The van der Waals surface area contributed by atoms with Crippen LogP contribution in [0.2, 0.25) is 0 Å². The highest BCUT2D eigenvalue weighted by molar-refractivity contribution is 7.11. The maximum Gasteiger partial charge on any atom is 0.252 e. The molecule has 16 heavy (non-hydrogen) atoms. The summed E-state index contributed by atoms with van der Waals surface area (Å²) >= 11 is 1.56. The molecule has 4 nitrogen and oxygen atoms in total. The van der Waals surface area contributed by atoms with Gasteiger partial charge in [0.05, 0.1) is 6.54 Å². The van der Waals surface area contributed by atoms with E-state index in [-0.39, 0.29) is 5.91 Å². The highest BCUT2D eigenvalue weighted by atomic mass is 32.1. The number of nitrogens with zero attached hydrogens (tertiary/aromatic N) is 1. The number of aromatic nitrogens is 1. The molecule has 1 aromatic rings. The lowest BCUT2D eigenvalue weighted by Gasteiger charge is -2.20. The minimum atomic E-state index is -1.13. The van der Waals surface area contributed by atoms with Gasteiger partial charge in [0, 0.05) is 11.1 Å². The number of hydrogen-bond donors (Lipinski definition) is 2. The van der Waals surface area contributed by atoms with Crippen LogP contribution in [0.15, 0.2) is 6.20 Å². The molecule has 1 amide bonds. The molecule has 0 saturated heterocycles. The molecule has 1 aliphatic rings. The van der Waals surface area contributed by atoms with Crippen molar-refractivity contribution in [2.24, 2.45) is 0 Å². The number of amides is 1. The topological polar surface area (TPSA) is 62.2 Å². The van der Waals surface area contributed by atoms with E-state index in [0.29, 0.717) is 19.4 Å². The van der Waals surface area contributed by atoms with Crippen molar-refractivity contribution < 1.29 is 9.90 Å². The summed E-state index contributed by atoms with van der Waals surface area (Å²) in [5.41, 5.74) is -1.13. The third kappa shape index (κ3) is 2.41. The van der Waals surface area contributed by atoms with Gasteiger partial charge in [-0.3, -0.25) is 4.79 Å². The largest absolute Gasteiger partial charge is 0.380 e. The molecule has 0 bridgehead atoms. The van der Waals surface area contributed by atoms with Gasteiger partial charge in [0.15, 0.2) is 0 Å². The van der Waals surface area contributed by atoms with Crippen LogP contribution in [0.3, 0.4) is 0 Å². The Bertz CT molecular complexity index is 383. The van der Waals surface area contributed by atoms with Crippen LogP contribution in [-0.2, 0) is 11.3 Å². The Balaban J connectivity index is 1.88. The zero-order valence-corrected chi connectivity index (χ0v) is 10.1. The van der Waals surface area contributed by atoms with Crippen LogP contribution >= 0.6 is 11.3 Å². The van der Waals surface area contributed by atoms with E-state index < -0.39 is 5.60 Å². The minimum Gasteiger partial charge on any atom is -0.380 e. The smallest absolute Gasteiger partial charge is 0.252 e. The number of hydrogen-bond acceptors (Lipinski definition) is 4. The first kappa shape index (κ1) is 11.5. The van der Waals surface area contributed by atoms with Gasteiger partial charge in [-0.05, 0) is 32.6 Å². The Kier molecular flexibility index (Phi) is 3.25. The highest BCUT2D eigenvalue weighted by Gasteiger charge is 2.38. The zero-order chi connectivity index (χ0) is 11.6. The van der Waals surface area contributed by atoms with E-state index in [1.165, 1.54) is 0 Å². The quantitative estimate of drug-likeness (QED) is 0.839. The summed E-state index contributed by atoms with van der Waals surface area (Å²) in [6.45, 7) is 2.40. The molecular weight excluding hydrogens is 224 g/mol. The molecule has 2 N–H and O–H groups in total. The van der Waals surface area contributed by atoms with Crippen molar-refractivity contribution in [2.75, 3.05) is 0 Å². The SMILES string of the molecule is Cc1cnc(CNC(=O)C2(O)CCCC2)s1. The maximum absolute atomic E-state index is 11.8. The van der Waals surface area contributed by atoms with E-state index in [4.69, 9.17) is 0 Å². The molecule has 1 saturated carbocycles. The minimum absolute atomic E-state index is 0.252. The summed E-state index contributed by atoms with van der Waals surface area (Å²) < 4.78 is 0. The van der Waals surface area contributed by atoms with Crippen molar-refractivity contribution in [1.82, 2.24) is 10.3 Å². The first-order chi connectivity index (χ1) is 7.60. The second-order valence-corrected chi connectivity index (χ2v) is 5.61. The van der Waals surface area contributed by atoms with Crippen LogP contribution in [0.5, 0.6) is 0 Å². The number of nitrogens with one attached hydrogen (secondary N) is 1. The van der Waals surface area contributed by atoms with Crippen molar-refractivity contribution in [3.63, 3.8) is 0 Å². The van der Waals surface area contributed by atoms with Gasteiger partial charge in [-0.15, -0.1) is 11.3 Å². The number of aliphatic hydroxyl groups is 1. The lowest BCUT2D eigenvalue weighted by atomic mass is 10.0. The van der Waals surface area contributed by atoms with Crippen molar-refractivity contribution in [3.05, 3.63) is 16.1 Å². The molecule has 0 atom stereocenters. The van der Waals surface area contributed by atoms with Crippen LogP contribution in [0.4, 0.5) is 0 Å². The van der Waals surface area contributed by atoms with Gasteiger partial charge >= 0.3 is 0 Å². The number of thiazole rings is 1. The number of aryl methyl sites for hydroxylation is 1. The van der Waals surface area contributed by atoms with Gasteiger partial charge in [0.2, 0.25) is 0 Å². The third-order valence-corrected chi connectivity index (χ3v) is 3.84. The second kappa shape index (κ2) is 4.51. The van der Waals surface area contributed by atoms with Gasteiger partial charge < -0.3 is 10.4 Å². The van der Waals surface area contributed by atoms with E-state index in [1.54, 1.807) is 17.5 Å². The van der Waals surface area contributed by atoms with Gasteiger partial charge in [-0.25, -0.2) is 4.98 Å². The molecule has 0 aromatic carbocycles. The molecule has 0 spiro atoms. The fourth-order valence-corrected chi connectivity index (χ4v) is 2.72. The second-order valence-electron chi connectivity index (χ2n) is 4.29. The Labute approximate surface area is 98.7 Å². The molecule has 1 fully saturated rings. The summed E-state index contributed by atoms with van der Waals surface area (Å²) in [5.74, 6) is -0.252. The van der Waals surface area contributed by atoms with Crippen molar-refractivity contribution in [2.45, 2.75) is 44.8 Å². The lowest BCUT2D eigenvalue weighted by Crippen LogP contribution is -2.44. The fourth-order valence-electron chi connectivity index (χ4n) is 1.99. The highest BCUT2D eigenvalue weighted by Crippen LogP contribution is 2.29. The van der Waals surface area contributed by atoms with Crippen molar-refractivity contribution in [1.29, 1.82) is 0 Å². The summed E-state index contributed by atoms with van der Waals surface area (Å²) in [6.07, 6.45) is 4.81. The molecule has 2 rings (SSSR count). The lowest BCUT2D eigenvalue weighted by molar-refractivity contribution is -0.139. The molecule has 0 aliphatic heterocycles. The Morgan fingerprint density at radius 2 is 2.31 bits per heavy atom. The summed E-state index contributed by atoms with van der Waals surface area (Å²) in [6, 6.07) is 0. The van der Waals surface area contributed by atoms with E-state index in [9.17, 15) is 9.90 Å². The van der Waals surface area contributed by atoms with Crippen LogP contribution in [0, 0.1) is 6.92 Å². The maximum atomic E-state index is 11.8. The first-order valence-electron chi connectivity index (χ1n) is 5.52. The predicted molar refractivity (Wildman–Crippen MR) is 62.1 cm³/mol. The standard InChI is InChI=1S/C11H16N2O2S/c1-8-6-12-9(16-8)7-13-10(14)11(15)4-2-3-5-11/h6,15H,2-5,7H2,1H3,(H,13,14). The van der Waals surface area contributed by atoms with Crippen LogP contribution in [-0.4, -0.2) is 21.6 Å². The van der Waals surface area contributed by atoms with Crippen LogP contribution in [0.1, 0.15) is 35.6 Å². The fraction of sp³-hybridized carbons (Fsp3) is 0.636.